The highest BCUT2D eigenvalue weighted by Gasteiger charge is 2.23. The summed E-state index contributed by atoms with van der Waals surface area (Å²) in [5.74, 6) is -0.477. The maximum Gasteiger partial charge on any atom is 0.337 e. The minimum atomic E-state index is -1.01. The normalized spacial score (nSPS) is 24.3. The van der Waals surface area contributed by atoms with Gasteiger partial charge in [-0.1, -0.05) is 0 Å². The standard InChI is InChI=1S/C11H14N2O4/c14-9-3-4-17-6-8(9)13-10-2-1-7(5-12-10)11(15)16/h1-2,5,8-9,14H,3-4,6H2,(H,12,13)(H,15,16)/t8-,9-/m1/s1. The molecule has 1 aliphatic rings. The fourth-order valence-corrected chi connectivity index (χ4v) is 1.66. The van der Waals surface area contributed by atoms with Gasteiger partial charge in [-0.05, 0) is 18.6 Å². The van der Waals surface area contributed by atoms with E-state index in [4.69, 9.17) is 9.84 Å². The second kappa shape index (κ2) is 5.11. The van der Waals surface area contributed by atoms with Gasteiger partial charge >= 0.3 is 5.97 Å². The van der Waals surface area contributed by atoms with E-state index in [0.717, 1.165) is 0 Å². The number of pyridine rings is 1. The van der Waals surface area contributed by atoms with Crippen molar-refractivity contribution in [3.8, 4) is 0 Å². The van der Waals surface area contributed by atoms with Gasteiger partial charge in [-0.25, -0.2) is 9.78 Å². The van der Waals surface area contributed by atoms with E-state index in [1.807, 2.05) is 0 Å². The van der Waals surface area contributed by atoms with Gasteiger partial charge in [-0.2, -0.15) is 0 Å². The molecule has 0 spiro atoms. The zero-order valence-electron chi connectivity index (χ0n) is 9.17. The smallest absolute Gasteiger partial charge is 0.337 e. The molecule has 0 radical (unpaired) electrons. The number of carboxylic acids is 1. The average molecular weight is 238 g/mol. The van der Waals surface area contributed by atoms with Gasteiger partial charge < -0.3 is 20.3 Å². The lowest BCUT2D eigenvalue weighted by Crippen LogP contribution is -2.42. The molecule has 17 heavy (non-hydrogen) atoms. The molecule has 0 aliphatic carbocycles. The van der Waals surface area contributed by atoms with Crippen molar-refractivity contribution in [2.24, 2.45) is 0 Å². The first kappa shape index (κ1) is 11.8. The SMILES string of the molecule is O=C(O)c1ccc(N[C@@H]2COCC[C@H]2O)nc1. The van der Waals surface area contributed by atoms with Gasteiger partial charge in [0.25, 0.3) is 0 Å². The van der Waals surface area contributed by atoms with Gasteiger partial charge in [0.05, 0.1) is 24.3 Å². The number of carboxylic acid groups (broad SMARTS) is 1. The molecule has 1 aromatic rings. The second-order valence-electron chi connectivity index (χ2n) is 3.92. The third-order valence-electron chi connectivity index (χ3n) is 2.66. The fraction of sp³-hybridized carbons (Fsp3) is 0.455. The summed E-state index contributed by atoms with van der Waals surface area (Å²) in [6, 6.07) is 2.84. The molecule has 0 saturated carbocycles. The zero-order chi connectivity index (χ0) is 12.3. The summed E-state index contributed by atoms with van der Waals surface area (Å²) in [5.41, 5.74) is 0.135. The van der Waals surface area contributed by atoms with Gasteiger partial charge in [0.15, 0.2) is 0 Å². The van der Waals surface area contributed by atoms with Gasteiger partial charge in [-0.3, -0.25) is 0 Å². The molecule has 1 saturated heterocycles. The molecule has 1 aromatic heterocycles. The fourth-order valence-electron chi connectivity index (χ4n) is 1.66. The highest BCUT2D eigenvalue weighted by atomic mass is 16.5. The van der Waals surface area contributed by atoms with Crippen LogP contribution in [0.2, 0.25) is 0 Å². The molecule has 1 fully saturated rings. The molecular formula is C11H14N2O4. The largest absolute Gasteiger partial charge is 0.478 e. The zero-order valence-corrected chi connectivity index (χ0v) is 9.17. The van der Waals surface area contributed by atoms with E-state index in [1.54, 1.807) is 6.07 Å². The van der Waals surface area contributed by atoms with E-state index in [9.17, 15) is 9.90 Å². The molecule has 2 rings (SSSR count). The third kappa shape index (κ3) is 2.92. The van der Waals surface area contributed by atoms with Crippen LogP contribution in [-0.2, 0) is 4.74 Å². The molecule has 6 nitrogen and oxygen atoms in total. The lowest BCUT2D eigenvalue weighted by molar-refractivity contribution is 0.00304. The van der Waals surface area contributed by atoms with Crippen LogP contribution in [0.4, 0.5) is 5.82 Å². The molecule has 0 unspecified atom stereocenters. The first-order chi connectivity index (χ1) is 8.16. The highest BCUT2D eigenvalue weighted by molar-refractivity contribution is 5.87. The van der Waals surface area contributed by atoms with Crippen molar-refractivity contribution in [1.82, 2.24) is 4.98 Å². The number of rotatable bonds is 3. The Balaban J connectivity index is 2.00. The number of aliphatic hydroxyl groups is 1. The Labute approximate surface area is 98.2 Å². The quantitative estimate of drug-likeness (QED) is 0.703. The van der Waals surface area contributed by atoms with Crippen molar-refractivity contribution >= 4 is 11.8 Å². The summed E-state index contributed by atoms with van der Waals surface area (Å²) in [4.78, 5) is 14.6. The van der Waals surface area contributed by atoms with Gasteiger partial charge in [0.1, 0.15) is 5.82 Å². The van der Waals surface area contributed by atoms with Crippen LogP contribution in [0.1, 0.15) is 16.8 Å². The number of hydrogen-bond donors (Lipinski definition) is 3. The Hall–Kier alpha value is -1.66. The van der Waals surface area contributed by atoms with Crippen molar-refractivity contribution in [1.29, 1.82) is 0 Å². The minimum Gasteiger partial charge on any atom is -0.478 e. The molecular weight excluding hydrogens is 224 g/mol. The summed E-state index contributed by atoms with van der Waals surface area (Å²) in [6.07, 6.45) is 1.40. The van der Waals surface area contributed by atoms with E-state index in [1.165, 1.54) is 12.3 Å². The van der Waals surface area contributed by atoms with Crippen molar-refractivity contribution in [3.63, 3.8) is 0 Å². The molecule has 2 heterocycles. The van der Waals surface area contributed by atoms with E-state index >= 15 is 0 Å². The Morgan fingerprint density at radius 2 is 2.35 bits per heavy atom. The summed E-state index contributed by atoms with van der Waals surface area (Å²) >= 11 is 0. The Morgan fingerprint density at radius 1 is 1.53 bits per heavy atom. The molecule has 0 amide bonds. The second-order valence-corrected chi connectivity index (χ2v) is 3.92. The van der Waals surface area contributed by atoms with E-state index < -0.39 is 12.1 Å². The maximum atomic E-state index is 10.6. The van der Waals surface area contributed by atoms with Crippen LogP contribution in [0.25, 0.3) is 0 Å². The summed E-state index contributed by atoms with van der Waals surface area (Å²) in [5, 5.41) is 21.4. The van der Waals surface area contributed by atoms with Crippen LogP contribution in [-0.4, -0.2) is 46.5 Å². The van der Waals surface area contributed by atoms with E-state index in [2.05, 4.69) is 10.3 Å². The number of aromatic carboxylic acids is 1. The van der Waals surface area contributed by atoms with Crippen LogP contribution >= 0.6 is 0 Å². The van der Waals surface area contributed by atoms with Crippen molar-refractivity contribution in [2.75, 3.05) is 18.5 Å². The maximum absolute atomic E-state index is 10.6. The van der Waals surface area contributed by atoms with Crippen LogP contribution in [0, 0.1) is 0 Å². The summed E-state index contributed by atoms with van der Waals surface area (Å²) < 4.78 is 5.24. The lowest BCUT2D eigenvalue weighted by atomic mass is 10.1. The Morgan fingerprint density at radius 3 is 2.94 bits per heavy atom. The van der Waals surface area contributed by atoms with E-state index in [-0.39, 0.29) is 11.6 Å². The van der Waals surface area contributed by atoms with Crippen LogP contribution in [0.3, 0.4) is 0 Å². The van der Waals surface area contributed by atoms with Gasteiger partial charge in [-0.15, -0.1) is 0 Å². The van der Waals surface area contributed by atoms with Crippen LogP contribution < -0.4 is 5.32 Å². The molecule has 0 aromatic carbocycles. The van der Waals surface area contributed by atoms with Crippen molar-refractivity contribution in [2.45, 2.75) is 18.6 Å². The number of carbonyl (C=O) groups is 1. The number of nitrogens with zero attached hydrogens (tertiary/aromatic N) is 1. The van der Waals surface area contributed by atoms with Gasteiger partial charge in [0.2, 0.25) is 0 Å². The molecule has 6 heteroatoms. The summed E-state index contributed by atoms with van der Waals surface area (Å²) in [6.45, 7) is 0.980. The van der Waals surface area contributed by atoms with E-state index in [0.29, 0.717) is 25.5 Å². The first-order valence-electron chi connectivity index (χ1n) is 5.38. The lowest BCUT2D eigenvalue weighted by Gasteiger charge is -2.28. The molecule has 0 bridgehead atoms. The molecule has 2 atom stereocenters. The number of ether oxygens (including phenoxy) is 1. The average Bonchev–Trinajstić information content (AvgIpc) is 2.33. The first-order valence-corrected chi connectivity index (χ1v) is 5.38. The highest BCUT2D eigenvalue weighted by Crippen LogP contribution is 2.13. The topological polar surface area (TPSA) is 91.7 Å². The van der Waals surface area contributed by atoms with Crippen molar-refractivity contribution < 1.29 is 19.7 Å². The Kier molecular flexibility index (Phi) is 3.55. The summed E-state index contributed by atoms with van der Waals surface area (Å²) in [7, 11) is 0. The molecule has 92 valence electrons. The third-order valence-corrected chi connectivity index (χ3v) is 2.66. The van der Waals surface area contributed by atoms with Crippen molar-refractivity contribution in [3.05, 3.63) is 23.9 Å². The van der Waals surface area contributed by atoms with Gasteiger partial charge in [0, 0.05) is 12.8 Å². The Bertz CT molecular complexity index is 393. The number of hydrogen-bond acceptors (Lipinski definition) is 5. The number of nitrogens with one attached hydrogen (secondary N) is 1. The predicted molar refractivity (Wildman–Crippen MR) is 60.0 cm³/mol. The van der Waals surface area contributed by atoms with Crippen LogP contribution in [0.15, 0.2) is 18.3 Å². The predicted octanol–water partition coefficient (Wildman–Crippen LogP) is 0.341. The minimum absolute atomic E-state index is 0.135. The molecule has 1 aliphatic heterocycles. The monoisotopic (exact) mass is 238 g/mol. The number of anilines is 1. The number of aliphatic hydroxyl groups excluding tert-OH is 1. The molecule has 3 N–H and O–H groups in total. The van der Waals surface area contributed by atoms with Crippen LogP contribution in [0.5, 0.6) is 0 Å². The number of aromatic nitrogens is 1.